The van der Waals surface area contributed by atoms with Gasteiger partial charge in [-0.05, 0) is 50.6 Å². The molecule has 0 bridgehead atoms. The van der Waals surface area contributed by atoms with Crippen LogP contribution in [0.3, 0.4) is 0 Å². The molecule has 5 rings (SSSR count). The third-order valence-electron chi connectivity index (χ3n) is 5.78. The molecular formula is C24H25N3O2S. The summed E-state index contributed by atoms with van der Waals surface area (Å²) in [5.41, 5.74) is 1.93. The number of hydrogen-bond acceptors (Lipinski definition) is 5. The molecule has 3 heterocycles. The number of para-hydroxylation sites is 2. The lowest BCUT2D eigenvalue weighted by atomic mass is 9.99. The highest BCUT2D eigenvalue weighted by Gasteiger charge is 2.26. The molecule has 30 heavy (non-hydrogen) atoms. The fourth-order valence-corrected chi connectivity index (χ4v) is 5.34. The third-order valence-corrected chi connectivity index (χ3v) is 6.98. The van der Waals surface area contributed by atoms with Gasteiger partial charge < -0.3 is 9.73 Å². The van der Waals surface area contributed by atoms with E-state index >= 15 is 0 Å². The molecule has 1 amide bonds. The van der Waals surface area contributed by atoms with Crippen LogP contribution in [-0.2, 0) is 4.79 Å². The lowest BCUT2D eigenvalue weighted by Crippen LogP contribution is -2.42. The largest absolute Gasteiger partial charge is 0.459 e. The maximum Gasteiger partial charge on any atom is 0.234 e. The van der Waals surface area contributed by atoms with E-state index in [9.17, 15) is 4.79 Å². The standard InChI is InChI=1S/C24H25N3O2S/c1-16(21-13-17-7-2-4-10-20(17)29-21)25-23(28)15-27-12-6-8-18(14-27)24-26-19-9-3-5-11-22(19)30-24/h2-5,7,9-11,13,16,18H,6,8,12,14-15H2,1H3,(H,25,28)/t16-,18+/m0/s1. The van der Waals surface area contributed by atoms with Crippen molar-refractivity contribution in [1.82, 2.24) is 15.2 Å². The zero-order valence-electron chi connectivity index (χ0n) is 17.0. The molecule has 1 fully saturated rings. The van der Waals surface area contributed by atoms with Gasteiger partial charge >= 0.3 is 0 Å². The van der Waals surface area contributed by atoms with Crippen molar-refractivity contribution in [3.63, 3.8) is 0 Å². The first-order valence-electron chi connectivity index (χ1n) is 10.5. The molecule has 1 aliphatic heterocycles. The monoisotopic (exact) mass is 419 g/mol. The number of aromatic nitrogens is 1. The number of furan rings is 1. The maximum absolute atomic E-state index is 12.7. The van der Waals surface area contributed by atoms with E-state index in [2.05, 4.69) is 28.4 Å². The number of nitrogens with one attached hydrogen (secondary N) is 1. The summed E-state index contributed by atoms with van der Waals surface area (Å²) in [7, 11) is 0. The van der Waals surface area contributed by atoms with E-state index in [0.29, 0.717) is 12.5 Å². The van der Waals surface area contributed by atoms with Gasteiger partial charge in [0.2, 0.25) is 5.91 Å². The first kappa shape index (κ1) is 19.3. The van der Waals surface area contributed by atoms with E-state index in [4.69, 9.17) is 9.40 Å². The highest BCUT2D eigenvalue weighted by atomic mass is 32.1. The Bertz CT molecular complexity index is 1120. The van der Waals surface area contributed by atoms with Gasteiger partial charge in [0.1, 0.15) is 11.3 Å². The number of likely N-dealkylation sites (tertiary alicyclic amines) is 1. The number of nitrogens with zero attached hydrogens (tertiary/aromatic N) is 2. The first-order valence-corrected chi connectivity index (χ1v) is 11.3. The average molecular weight is 420 g/mol. The number of carbonyl (C=O) groups is 1. The van der Waals surface area contributed by atoms with E-state index in [1.54, 1.807) is 11.3 Å². The summed E-state index contributed by atoms with van der Waals surface area (Å²) in [5.74, 6) is 1.22. The van der Waals surface area contributed by atoms with Crippen LogP contribution < -0.4 is 5.32 Å². The van der Waals surface area contributed by atoms with Crippen LogP contribution in [0.4, 0.5) is 0 Å². The predicted octanol–water partition coefficient (Wildman–Crippen LogP) is 5.10. The molecule has 6 heteroatoms. The summed E-state index contributed by atoms with van der Waals surface area (Å²) in [5, 5.41) is 5.34. The molecule has 0 aliphatic carbocycles. The van der Waals surface area contributed by atoms with Crippen molar-refractivity contribution in [3.05, 3.63) is 65.4 Å². The van der Waals surface area contributed by atoms with E-state index < -0.39 is 0 Å². The molecule has 0 saturated carbocycles. The summed E-state index contributed by atoms with van der Waals surface area (Å²) >= 11 is 1.78. The van der Waals surface area contributed by atoms with Gasteiger partial charge in [-0.1, -0.05) is 30.3 Å². The van der Waals surface area contributed by atoms with Gasteiger partial charge in [-0.25, -0.2) is 4.98 Å². The van der Waals surface area contributed by atoms with Crippen molar-refractivity contribution >= 4 is 38.4 Å². The Morgan fingerprint density at radius 3 is 2.97 bits per heavy atom. The van der Waals surface area contributed by atoms with Gasteiger partial charge in [0, 0.05) is 17.8 Å². The zero-order chi connectivity index (χ0) is 20.5. The van der Waals surface area contributed by atoms with Gasteiger partial charge in [-0.3, -0.25) is 9.69 Å². The lowest BCUT2D eigenvalue weighted by molar-refractivity contribution is -0.123. The number of hydrogen-bond donors (Lipinski definition) is 1. The van der Waals surface area contributed by atoms with Crippen LogP contribution in [0.1, 0.15) is 42.5 Å². The molecule has 5 nitrogen and oxygen atoms in total. The van der Waals surface area contributed by atoms with Gasteiger partial charge in [0.05, 0.1) is 27.8 Å². The minimum absolute atomic E-state index is 0.0351. The Morgan fingerprint density at radius 2 is 2.10 bits per heavy atom. The Balaban J connectivity index is 1.21. The molecule has 1 N–H and O–H groups in total. The Labute approximate surface area is 179 Å². The second-order valence-corrected chi connectivity index (χ2v) is 9.13. The Morgan fingerprint density at radius 1 is 1.27 bits per heavy atom. The van der Waals surface area contributed by atoms with E-state index in [0.717, 1.165) is 48.2 Å². The molecule has 2 aromatic heterocycles. The maximum atomic E-state index is 12.7. The van der Waals surface area contributed by atoms with Crippen molar-refractivity contribution in [2.45, 2.75) is 31.7 Å². The molecule has 154 valence electrons. The number of fused-ring (bicyclic) bond motifs is 2. The molecule has 0 spiro atoms. The second-order valence-electron chi connectivity index (χ2n) is 8.07. The molecule has 1 aliphatic rings. The number of piperidine rings is 1. The molecule has 2 atom stereocenters. The van der Waals surface area contributed by atoms with Crippen LogP contribution in [0.25, 0.3) is 21.2 Å². The summed E-state index contributed by atoms with van der Waals surface area (Å²) in [6, 6.07) is 18.1. The Kier molecular flexibility index (Phi) is 5.27. The lowest BCUT2D eigenvalue weighted by Gasteiger charge is -2.31. The molecule has 1 saturated heterocycles. The third kappa shape index (κ3) is 3.98. The number of rotatable bonds is 5. The molecule has 4 aromatic rings. The zero-order valence-corrected chi connectivity index (χ0v) is 17.8. The molecule has 0 unspecified atom stereocenters. The smallest absolute Gasteiger partial charge is 0.234 e. The van der Waals surface area contributed by atoms with Gasteiger partial charge in [-0.15, -0.1) is 11.3 Å². The summed E-state index contributed by atoms with van der Waals surface area (Å²) in [4.78, 5) is 19.8. The highest BCUT2D eigenvalue weighted by Crippen LogP contribution is 2.33. The van der Waals surface area contributed by atoms with E-state index in [-0.39, 0.29) is 11.9 Å². The van der Waals surface area contributed by atoms with Crippen LogP contribution >= 0.6 is 11.3 Å². The Hall–Kier alpha value is -2.70. The normalized spacial score (nSPS) is 18.6. The highest BCUT2D eigenvalue weighted by molar-refractivity contribution is 7.18. The van der Waals surface area contributed by atoms with Crippen LogP contribution in [0, 0.1) is 0 Å². The van der Waals surface area contributed by atoms with Crippen molar-refractivity contribution in [3.8, 4) is 0 Å². The van der Waals surface area contributed by atoms with Gasteiger partial charge in [0.25, 0.3) is 0 Å². The average Bonchev–Trinajstić information content (AvgIpc) is 3.38. The van der Waals surface area contributed by atoms with Crippen LogP contribution in [0.5, 0.6) is 0 Å². The molecule has 0 radical (unpaired) electrons. The fraction of sp³-hybridized carbons (Fsp3) is 0.333. The SMILES string of the molecule is C[C@H](NC(=O)CN1CCC[C@@H](c2nc3ccccc3s2)C1)c1cc2ccccc2o1. The quantitative estimate of drug-likeness (QED) is 0.489. The van der Waals surface area contributed by atoms with Crippen molar-refractivity contribution < 1.29 is 9.21 Å². The minimum atomic E-state index is -0.158. The summed E-state index contributed by atoms with van der Waals surface area (Å²) < 4.78 is 7.13. The molecule has 2 aromatic carbocycles. The first-order chi connectivity index (χ1) is 14.7. The number of carbonyl (C=O) groups excluding carboxylic acids is 1. The van der Waals surface area contributed by atoms with Crippen molar-refractivity contribution in [2.24, 2.45) is 0 Å². The number of thiazole rings is 1. The van der Waals surface area contributed by atoms with E-state index in [1.165, 1.54) is 9.71 Å². The predicted molar refractivity (Wildman–Crippen MR) is 121 cm³/mol. The fourth-order valence-electron chi connectivity index (χ4n) is 4.24. The summed E-state index contributed by atoms with van der Waals surface area (Å²) in [6.07, 6.45) is 2.22. The minimum Gasteiger partial charge on any atom is -0.459 e. The summed E-state index contributed by atoms with van der Waals surface area (Å²) in [6.45, 7) is 4.21. The number of benzene rings is 2. The number of amides is 1. The second kappa shape index (κ2) is 8.20. The van der Waals surface area contributed by atoms with Gasteiger partial charge in [0.15, 0.2) is 0 Å². The van der Waals surface area contributed by atoms with Crippen LogP contribution in [0.15, 0.2) is 59.0 Å². The van der Waals surface area contributed by atoms with Crippen LogP contribution in [-0.4, -0.2) is 35.4 Å². The van der Waals surface area contributed by atoms with Gasteiger partial charge in [-0.2, -0.15) is 0 Å². The van der Waals surface area contributed by atoms with Crippen LogP contribution in [0.2, 0.25) is 0 Å². The van der Waals surface area contributed by atoms with Crippen molar-refractivity contribution in [1.29, 1.82) is 0 Å². The topological polar surface area (TPSA) is 58.4 Å². The van der Waals surface area contributed by atoms with E-state index in [1.807, 2.05) is 43.3 Å². The van der Waals surface area contributed by atoms with Crippen molar-refractivity contribution in [2.75, 3.05) is 19.6 Å². The molecular weight excluding hydrogens is 394 g/mol.